The predicted molar refractivity (Wildman–Crippen MR) is 53.4 cm³/mol. The van der Waals surface area contributed by atoms with Gasteiger partial charge in [-0.05, 0) is 30.5 Å². The van der Waals surface area contributed by atoms with Gasteiger partial charge in [0.25, 0.3) is 0 Å². The first-order chi connectivity index (χ1) is 6.71. The van der Waals surface area contributed by atoms with Crippen LogP contribution >= 0.6 is 0 Å². The Kier molecular flexibility index (Phi) is 2.55. The molecule has 0 amide bonds. The molecule has 1 fully saturated rings. The van der Waals surface area contributed by atoms with E-state index in [1.807, 2.05) is 0 Å². The molecule has 0 bridgehead atoms. The predicted octanol–water partition coefficient (Wildman–Crippen LogP) is 2.98. The summed E-state index contributed by atoms with van der Waals surface area (Å²) in [7, 11) is 0. The fraction of sp³-hybridized carbons (Fsp3) is 0.500. The van der Waals surface area contributed by atoms with Gasteiger partial charge in [0.1, 0.15) is 5.82 Å². The normalized spacial score (nSPS) is 20.7. The maximum atomic E-state index is 12.7. The SMILES string of the molecule is OC1(c2ccc(F)cc2)CCCCC1. The molecule has 1 aromatic carbocycles. The van der Waals surface area contributed by atoms with Crippen LogP contribution in [-0.4, -0.2) is 5.11 Å². The van der Waals surface area contributed by atoms with E-state index in [4.69, 9.17) is 0 Å². The first-order valence-corrected chi connectivity index (χ1v) is 5.19. The molecule has 2 heteroatoms. The Bertz CT molecular complexity index is 299. The summed E-state index contributed by atoms with van der Waals surface area (Å²) < 4.78 is 12.7. The molecular formula is C12H15FO. The highest BCUT2D eigenvalue weighted by molar-refractivity contribution is 5.23. The molecule has 2 rings (SSSR count). The molecule has 1 N–H and O–H groups in total. The van der Waals surface area contributed by atoms with Crippen molar-refractivity contribution in [3.63, 3.8) is 0 Å². The van der Waals surface area contributed by atoms with Gasteiger partial charge in [-0.15, -0.1) is 0 Å². The van der Waals surface area contributed by atoms with E-state index < -0.39 is 5.60 Å². The summed E-state index contributed by atoms with van der Waals surface area (Å²) in [6.45, 7) is 0. The molecule has 1 aliphatic carbocycles. The average molecular weight is 194 g/mol. The van der Waals surface area contributed by atoms with Crippen molar-refractivity contribution in [3.8, 4) is 0 Å². The molecule has 0 spiro atoms. The van der Waals surface area contributed by atoms with Gasteiger partial charge < -0.3 is 5.11 Å². The zero-order chi connectivity index (χ0) is 10.0. The van der Waals surface area contributed by atoms with Gasteiger partial charge in [-0.3, -0.25) is 0 Å². The van der Waals surface area contributed by atoms with Gasteiger partial charge in [-0.25, -0.2) is 4.39 Å². The fourth-order valence-corrected chi connectivity index (χ4v) is 2.19. The number of halogens is 1. The largest absolute Gasteiger partial charge is 0.385 e. The third kappa shape index (κ3) is 1.80. The molecule has 0 aromatic heterocycles. The van der Waals surface area contributed by atoms with Crippen LogP contribution in [0.25, 0.3) is 0 Å². The molecule has 0 radical (unpaired) electrons. The summed E-state index contributed by atoms with van der Waals surface area (Å²) in [6, 6.07) is 6.23. The van der Waals surface area contributed by atoms with Crippen molar-refractivity contribution in [2.45, 2.75) is 37.7 Å². The van der Waals surface area contributed by atoms with Crippen LogP contribution < -0.4 is 0 Å². The van der Waals surface area contributed by atoms with Crippen molar-refractivity contribution in [2.75, 3.05) is 0 Å². The number of hydrogen-bond donors (Lipinski definition) is 1. The fourth-order valence-electron chi connectivity index (χ4n) is 2.19. The van der Waals surface area contributed by atoms with Crippen LogP contribution in [0.2, 0.25) is 0 Å². The van der Waals surface area contributed by atoms with Crippen molar-refractivity contribution in [3.05, 3.63) is 35.6 Å². The van der Waals surface area contributed by atoms with E-state index in [0.717, 1.165) is 31.2 Å². The van der Waals surface area contributed by atoms with E-state index in [-0.39, 0.29) is 5.82 Å². The van der Waals surface area contributed by atoms with Gasteiger partial charge in [-0.1, -0.05) is 31.4 Å². The highest BCUT2D eigenvalue weighted by atomic mass is 19.1. The summed E-state index contributed by atoms with van der Waals surface area (Å²) in [5.74, 6) is -0.242. The minimum absolute atomic E-state index is 0.242. The van der Waals surface area contributed by atoms with Crippen molar-refractivity contribution < 1.29 is 9.50 Å². The Balaban J connectivity index is 2.23. The Morgan fingerprint density at radius 3 is 2.14 bits per heavy atom. The van der Waals surface area contributed by atoms with Crippen molar-refractivity contribution in [1.29, 1.82) is 0 Å². The van der Waals surface area contributed by atoms with Crippen LogP contribution in [0, 0.1) is 5.82 Å². The minimum Gasteiger partial charge on any atom is -0.385 e. The first kappa shape index (κ1) is 9.66. The zero-order valence-corrected chi connectivity index (χ0v) is 8.17. The number of aliphatic hydroxyl groups is 1. The number of hydrogen-bond acceptors (Lipinski definition) is 1. The summed E-state index contributed by atoms with van der Waals surface area (Å²) in [6.07, 6.45) is 4.93. The highest BCUT2D eigenvalue weighted by Gasteiger charge is 2.30. The van der Waals surface area contributed by atoms with Crippen molar-refractivity contribution >= 4 is 0 Å². The molecule has 0 atom stereocenters. The van der Waals surface area contributed by atoms with E-state index in [0.29, 0.717) is 0 Å². The van der Waals surface area contributed by atoms with Gasteiger partial charge in [0.05, 0.1) is 5.60 Å². The lowest BCUT2D eigenvalue weighted by Crippen LogP contribution is -2.28. The second-order valence-corrected chi connectivity index (χ2v) is 4.10. The first-order valence-electron chi connectivity index (χ1n) is 5.19. The van der Waals surface area contributed by atoms with Crippen LogP contribution in [-0.2, 0) is 5.60 Å². The van der Waals surface area contributed by atoms with Crippen LogP contribution in [0.4, 0.5) is 4.39 Å². The smallest absolute Gasteiger partial charge is 0.123 e. The maximum Gasteiger partial charge on any atom is 0.123 e. The highest BCUT2D eigenvalue weighted by Crippen LogP contribution is 2.36. The molecular weight excluding hydrogens is 179 g/mol. The van der Waals surface area contributed by atoms with E-state index in [1.54, 1.807) is 12.1 Å². The molecule has 0 heterocycles. The van der Waals surface area contributed by atoms with Gasteiger partial charge in [0.15, 0.2) is 0 Å². The third-order valence-electron chi connectivity index (χ3n) is 3.06. The van der Waals surface area contributed by atoms with Gasteiger partial charge in [0, 0.05) is 0 Å². The third-order valence-corrected chi connectivity index (χ3v) is 3.06. The minimum atomic E-state index is -0.702. The lowest BCUT2D eigenvalue weighted by atomic mass is 9.80. The Morgan fingerprint density at radius 1 is 1.00 bits per heavy atom. The Hall–Kier alpha value is -0.890. The van der Waals surface area contributed by atoms with Gasteiger partial charge >= 0.3 is 0 Å². The summed E-state index contributed by atoms with van der Waals surface area (Å²) in [5.41, 5.74) is 0.157. The van der Waals surface area contributed by atoms with Crippen molar-refractivity contribution in [1.82, 2.24) is 0 Å². The Labute approximate surface area is 83.6 Å². The molecule has 1 aliphatic rings. The zero-order valence-electron chi connectivity index (χ0n) is 8.17. The summed E-state index contributed by atoms with van der Waals surface area (Å²) in [4.78, 5) is 0. The molecule has 1 aromatic rings. The summed E-state index contributed by atoms with van der Waals surface area (Å²) in [5, 5.41) is 10.3. The van der Waals surface area contributed by atoms with Crippen LogP contribution in [0.3, 0.4) is 0 Å². The van der Waals surface area contributed by atoms with Crippen LogP contribution in [0.5, 0.6) is 0 Å². The molecule has 76 valence electrons. The number of benzene rings is 1. The monoisotopic (exact) mass is 194 g/mol. The molecule has 14 heavy (non-hydrogen) atoms. The van der Waals surface area contributed by atoms with E-state index in [2.05, 4.69) is 0 Å². The van der Waals surface area contributed by atoms with E-state index in [9.17, 15) is 9.50 Å². The molecule has 0 unspecified atom stereocenters. The van der Waals surface area contributed by atoms with Gasteiger partial charge in [-0.2, -0.15) is 0 Å². The van der Waals surface area contributed by atoms with Crippen molar-refractivity contribution in [2.24, 2.45) is 0 Å². The second-order valence-electron chi connectivity index (χ2n) is 4.10. The molecule has 0 saturated heterocycles. The number of rotatable bonds is 1. The topological polar surface area (TPSA) is 20.2 Å². The lowest BCUT2D eigenvalue weighted by molar-refractivity contribution is -0.000673. The molecule has 1 saturated carbocycles. The molecule has 0 aliphatic heterocycles. The Morgan fingerprint density at radius 2 is 1.57 bits per heavy atom. The quantitative estimate of drug-likeness (QED) is 0.728. The lowest BCUT2D eigenvalue weighted by Gasteiger charge is -2.32. The average Bonchev–Trinajstić information content (AvgIpc) is 2.19. The van der Waals surface area contributed by atoms with Gasteiger partial charge in [0.2, 0.25) is 0 Å². The second kappa shape index (κ2) is 3.70. The van der Waals surface area contributed by atoms with Crippen LogP contribution in [0.1, 0.15) is 37.7 Å². The maximum absolute atomic E-state index is 12.7. The van der Waals surface area contributed by atoms with E-state index >= 15 is 0 Å². The molecule has 1 nitrogen and oxygen atoms in total. The summed E-state index contributed by atoms with van der Waals surface area (Å²) >= 11 is 0. The van der Waals surface area contributed by atoms with Crippen LogP contribution in [0.15, 0.2) is 24.3 Å². The standard InChI is InChI=1S/C12H15FO/c13-11-6-4-10(5-7-11)12(14)8-2-1-3-9-12/h4-7,14H,1-3,8-9H2. The van der Waals surface area contributed by atoms with E-state index in [1.165, 1.54) is 18.6 Å².